The van der Waals surface area contributed by atoms with Crippen molar-refractivity contribution >= 4 is 0 Å². The molecule has 0 unspecified atom stereocenters. The van der Waals surface area contributed by atoms with Crippen LogP contribution in [0.3, 0.4) is 0 Å². The average Bonchev–Trinajstić information content (AvgIpc) is 2.67. The van der Waals surface area contributed by atoms with Crippen LogP contribution < -0.4 is 15.4 Å². The molecule has 0 amide bonds. The minimum absolute atomic E-state index is 0.595. The van der Waals surface area contributed by atoms with Gasteiger partial charge in [-0.15, -0.1) is 0 Å². The van der Waals surface area contributed by atoms with Crippen molar-refractivity contribution in [3.05, 3.63) is 48.2 Å². The van der Waals surface area contributed by atoms with E-state index in [-0.39, 0.29) is 0 Å². The number of methoxy groups -OCH3 is 1. The number of nitrogens with one attached hydrogen (secondary N) is 2. The van der Waals surface area contributed by atoms with Gasteiger partial charge >= 0.3 is 0 Å². The molecule has 2 aromatic rings. The summed E-state index contributed by atoms with van der Waals surface area (Å²) in [5.74, 6) is 0.936. The summed E-state index contributed by atoms with van der Waals surface area (Å²) in [5, 5.41) is 7.10. The van der Waals surface area contributed by atoms with E-state index in [0.29, 0.717) is 12.1 Å². The lowest BCUT2D eigenvalue weighted by atomic mass is 9.91. The molecule has 1 aromatic heterocycles. The highest BCUT2D eigenvalue weighted by atomic mass is 16.5. The summed E-state index contributed by atoms with van der Waals surface area (Å²) in [6, 6.07) is 13.6. The molecule has 0 saturated heterocycles. The molecule has 0 aliphatic heterocycles. The Bertz CT molecular complexity index is 637. The van der Waals surface area contributed by atoms with Crippen molar-refractivity contribution in [2.45, 2.75) is 44.3 Å². The van der Waals surface area contributed by atoms with Gasteiger partial charge in [0.25, 0.3) is 0 Å². The fraction of sp³-hybridized carbons (Fsp3) is 0.450. The molecule has 1 heterocycles. The maximum atomic E-state index is 5.54. The first-order valence-electron chi connectivity index (χ1n) is 8.79. The van der Waals surface area contributed by atoms with Crippen molar-refractivity contribution in [3.63, 3.8) is 0 Å². The van der Waals surface area contributed by atoms with Crippen LogP contribution in [0.1, 0.15) is 31.2 Å². The van der Waals surface area contributed by atoms with Crippen molar-refractivity contribution in [2.24, 2.45) is 0 Å². The van der Waals surface area contributed by atoms with Crippen molar-refractivity contribution in [2.75, 3.05) is 14.2 Å². The number of aromatic nitrogens is 1. The molecule has 24 heavy (non-hydrogen) atoms. The molecule has 2 N–H and O–H groups in total. The Morgan fingerprint density at radius 2 is 1.88 bits per heavy atom. The van der Waals surface area contributed by atoms with E-state index in [0.717, 1.165) is 23.6 Å². The summed E-state index contributed by atoms with van der Waals surface area (Å²) < 4.78 is 5.54. The molecule has 1 fully saturated rings. The summed E-state index contributed by atoms with van der Waals surface area (Å²) in [7, 11) is 3.80. The number of benzene rings is 1. The van der Waals surface area contributed by atoms with Gasteiger partial charge in [-0.3, -0.25) is 4.98 Å². The first-order chi connectivity index (χ1) is 11.8. The van der Waals surface area contributed by atoms with Crippen LogP contribution in [-0.4, -0.2) is 31.2 Å². The largest absolute Gasteiger partial charge is 0.496 e. The highest BCUT2D eigenvalue weighted by molar-refractivity contribution is 5.61. The fourth-order valence-electron chi connectivity index (χ4n) is 3.45. The van der Waals surface area contributed by atoms with E-state index in [1.54, 1.807) is 7.11 Å². The second-order valence-corrected chi connectivity index (χ2v) is 6.46. The maximum Gasteiger partial charge on any atom is 0.123 e. The smallest absolute Gasteiger partial charge is 0.123 e. The average molecular weight is 325 g/mol. The number of nitrogens with zero attached hydrogens (tertiary/aromatic N) is 1. The zero-order valence-electron chi connectivity index (χ0n) is 14.6. The number of ether oxygens (including phenoxy) is 1. The van der Waals surface area contributed by atoms with Gasteiger partial charge < -0.3 is 15.4 Å². The van der Waals surface area contributed by atoms with Gasteiger partial charge in [-0.1, -0.05) is 6.07 Å². The molecule has 0 bridgehead atoms. The van der Waals surface area contributed by atoms with E-state index in [1.807, 2.05) is 30.5 Å². The molecule has 3 rings (SSSR count). The summed E-state index contributed by atoms with van der Waals surface area (Å²) in [5.41, 5.74) is 3.32. The lowest BCUT2D eigenvalue weighted by molar-refractivity contribution is 0.315. The van der Waals surface area contributed by atoms with Crippen LogP contribution >= 0.6 is 0 Å². The number of rotatable bonds is 6. The first-order valence-corrected chi connectivity index (χ1v) is 8.79. The molecule has 0 radical (unpaired) electrons. The van der Waals surface area contributed by atoms with E-state index in [2.05, 4.69) is 34.8 Å². The predicted molar refractivity (Wildman–Crippen MR) is 98.2 cm³/mol. The van der Waals surface area contributed by atoms with Gasteiger partial charge in [0, 0.05) is 36.0 Å². The van der Waals surface area contributed by atoms with Crippen LogP contribution in [0.25, 0.3) is 11.3 Å². The maximum absolute atomic E-state index is 5.54. The summed E-state index contributed by atoms with van der Waals surface area (Å²) in [6.07, 6.45) is 6.79. The molecule has 1 aliphatic rings. The summed E-state index contributed by atoms with van der Waals surface area (Å²) in [6.45, 7) is 0.832. The molecule has 128 valence electrons. The third-order valence-electron chi connectivity index (χ3n) is 4.96. The van der Waals surface area contributed by atoms with E-state index in [1.165, 1.54) is 31.2 Å². The molecule has 0 spiro atoms. The Morgan fingerprint density at radius 3 is 2.54 bits per heavy atom. The minimum atomic E-state index is 0.595. The Morgan fingerprint density at radius 1 is 1.08 bits per heavy atom. The quantitative estimate of drug-likeness (QED) is 0.855. The lowest BCUT2D eigenvalue weighted by Gasteiger charge is -2.29. The van der Waals surface area contributed by atoms with Crippen LogP contribution in [0, 0.1) is 0 Å². The standard InChI is InChI=1S/C20H27N3O/c1-21-17-7-9-18(10-8-17)23-14-16-13-15(6-11-20(16)24-2)19-5-3-4-12-22-19/h3-6,11-13,17-18,21,23H,7-10,14H2,1-2H3. The van der Waals surface area contributed by atoms with Crippen molar-refractivity contribution < 1.29 is 4.74 Å². The molecular formula is C20H27N3O. The van der Waals surface area contributed by atoms with Crippen LogP contribution in [0.15, 0.2) is 42.6 Å². The van der Waals surface area contributed by atoms with E-state index in [9.17, 15) is 0 Å². The summed E-state index contributed by atoms with van der Waals surface area (Å²) in [4.78, 5) is 4.45. The molecule has 1 aliphatic carbocycles. The Kier molecular flexibility index (Phi) is 5.83. The highest BCUT2D eigenvalue weighted by Gasteiger charge is 2.19. The van der Waals surface area contributed by atoms with Gasteiger partial charge in [0.2, 0.25) is 0 Å². The third-order valence-corrected chi connectivity index (χ3v) is 4.96. The van der Waals surface area contributed by atoms with Crippen LogP contribution in [0.5, 0.6) is 5.75 Å². The van der Waals surface area contributed by atoms with E-state index < -0.39 is 0 Å². The molecule has 1 saturated carbocycles. The van der Waals surface area contributed by atoms with Gasteiger partial charge in [0.15, 0.2) is 0 Å². The monoisotopic (exact) mass is 325 g/mol. The van der Waals surface area contributed by atoms with Gasteiger partial charge in [0.1, 0.15) is 5.75 Å². The first kappa shape index (κ1) is 16.9. The second kappa shape index (κ2) is 8.27. The molecule has 1 aromatic carbocycles. The van der Waals surface area contributed by atoms with Crippen LogP contribution in [0.2, 0.25) is 0 Å². The predicted octanol–water partition coefficient (Wildman–Crippen LogP) is 3.38. The molecular weight excluding hydrogens is 298 g/mol. The lowest BCUT2D eigenvalue weighted by Crippen LogP contribution is -2.38. The molecule has 4 nitrogen and oxygen atoms in total. The normalized spacial score (nSPS) is 20.8. The highest BCUT2D eigenvalue weighted by Crippen LogP contribution is 2.26. The second-order valence-electron chi connectivity index (χ2n) is 6.46. The molecule has 4 heteroatoms. The van der Waals surface area contributed by atoms with Crippen LogP contribution in [0.4, 0.5) is 0 Å². The van der Waals surface area contributed by atoms with Gasteiger partial charge in [-0.05, 0) is 63.1 Å². The van der Waals surface area contributed by atoms with Gasteiger partial charge in [-0.25, -0.2) is 0 Å². The Hall–Kier alpha value is -1.91. The Labute approximate surface area is 144 Å². The zero-order chi connectivity index (χ0) is 16.8. The topological polar surface area (TPSA) is 46.2 Å². The van der Waals surface area contributed by atoms with Crippen molar-refractivity contribution in [3.8, 4) is 17.0 Å². The van der Waals surface area contributed by atoms with Gasteiger partial charge in [-0.2, -0.15) is 0 Å². The number of hydrogen-bond donors (Lipinski definition) is 2. The number of hydrogen-bond acceptors (Lipinski definition) is 4. The van der Waals surface area contributed by atoms with Crippen molar-refractivity contribution in [1.82, 2.24) is 15.6 Å². The van der Waals surface area contributed by atoms with E-state index in [4.69, 9.17) is 4.74 Å². The number of pyridine rings is 1. The SMILES string of the molecule is CNC1CCC(NCc2cc(-c3ccccn3)ccc2OC)CC1. The van der Waals surface area contributed by atoms with Crippen molar-refractivity contribution in [1.29, 1.82) is 0 Å². The summed E-state index contributed by atoms with van der Waals surface area (Å²) >= 11 is 0. The Balaban J connectivity index is 1.68. The minimum Gasteiger partial charge on any atom is -0.496 e. The van der Waals surface area contributed by atoms with Crippen LogP contribution in [-0.2, 0) is 6.54 Å². The van der Waals surface area contributed by atoms with E-state index >= 15 is 0 Å². The fourth-order valence-corrected chi connectivity index (χ4v) is 3.45. The van der Waals surface area contributed by atoms with Gasteiger partial charge in [0.05, 0.1) is 12.8 Å². The zero-order valence-corrected chi connectivity index (χ0v) is 14.6. The molecule has 0 atom stereocenters. The third kappa shape index (κ3) is 4.13.